The maximum absolute atomic E-state index is 9.39. The van der Waals surface area contributed by atoms with Gasteiger partial charge >= 0.3 is 0 Å². The highest BCUT2D eigenvalue weighted by molar-refractivity contribution is 6.37. The fourth-order valence-electron chi connectivity index (χ4n) is 1.34. The minimum atomic E-state index is -0.336. The van der Waals surface area contributed by atoms with Crippen molar-refractivity contribution in [2.24, 2.45) is 0 Å². The molecule has 0 atom stereocenters. The number of benzene rings is 1. The summed E-state index contributed by atoms with van der Waals surface area (Å²) in [7, 11) is 0. The summed E-state index contributed by atoms with van der Waals surface area (Å²) in [5.74, 6) is -0.640. The third kappa shape index (κ3) is 1.11. The average molecular weight is 214 g/mol. The van der Waals surface area contributed by atoms with Gasteiger partial charge in [0.25, 0.3) is 0 Å². The molecule has 5 heteroatoms. The number of halogens is 1. The minimum Gasteiger partial charge on any atom is -0.504 e. The maximum Gasteiger partial charge on any atom is 0.177 e. The lowest BCUT2D eigenvalue weighted by molar-refractivity contribution is 0.402. The van der Waals surface area contributed by atoms with Crippen LogP contribution in [0.2, 0.25) is 5.02 Å². The third-order valence-electron chi connectivity index (χ3n) is 2.06. The van der Waals surface area contributed by atoms with Gasteiger partial charge in [-0.3, -0.25) is 0 Å². The smallest absolute Gasteiger partial charge is 0.177 e. The van der Waals surface area contributed by atoms with E-state index >= 15 is 0 Å². The van der Waals surface area contributed by atoms with Gasteiger partial charge in [0, 0.05) is 6.07 Å². The molecule has 1 aromatic carbocycles. The lowest BCUT2D eigenvalue weighted by atomic mass is 10.1. The Bertz CT molecular complexity index is 492. The van der Waals surface area contributed by atoms with E-state index in [1.54, 1.807) is 0 Å². The summed E-state index contributed by atoms with van der Waals surface area (Å²) >= 11 is 5.85. The molecule has 14 heavy (non-hydrogen) atoms. The van der Waals surface area contributed by atoms with Crippen LogP contribution in [0.25, 0.3) is 11.0 Å². The number of hydrogen-bond acceptors (Lipinski definition) is 4. The predicted octanol–water partition coefficient (Wildman–Crippen LogP) is 2.45. The molecule has 2 N–H and O–H groups in total. The summed E-state index contributed by atoms with van der Waals surface area (Å²) in [5.41, 5.74) is 1.04. The van der Waals surface area contributed by atoms with Gasteiger partial charge in [-0.05, 0) is 6.42 Å². The van der Waals surface area contributed by atoms with Gasteiger partial charge in [0.15, 0.2) is 17.1 Å². The van der Waals surface area contributed by atoms with E-state index in [0.29, 0.717) is 23.1 Å². The number of rotatable bonds is 1. The Hall–Kier alpha value is -1.42. The molecule has 0 bridgehead atoms. The fourth-order valence-corrected chi connectivity index (χ4v) is 1.63. The quantitative estimate of drug-likeness (QED) is 0.714. The standard InChI is InChI=1S/C9H8ClNO3/c1-2-4-7-6(14-11-4)3-5(12)9(13)8(7)10/h3,12-13H,2H2,1H3. The van der Waals surface area contributed by atoms with Crippen LogP contribution in [0.15, 0.2) is 10.6 Å². The van der Waals surface area contributed by atoms with Crippen molar-refractivity contribution in [3.05, 3.63) is 16.8 Å². The van der Waals surface area contributed by atoms with Gasteiger partial charge < -0.3 is 14.7 Å². The van der Waals surface area contributed by atoms with Gasteiger partial charge in [-0.25, -0.2) is 0 Å². The van der Waals surface area contributed by atoms with E-state index in [-0.39, 0.29) is 16.5 Å². The Morgan fingerprint density at radius 2 is 2.21 bits per heavy atom. The van der Waals surface area contributed by atoms with Gasteiger partial charge in [0.1, 0.15) is 0 Å². The van der Waals surface area contributed by atoms with E-state index in [2.05, 4.69) is 5.16 Å². The Kier molecular flexibility index (Phi) is 2.00. The molecule has 1 aromatic heterocycles. The lowest BCUT2D eigenvalue weighted by Gasteiger charge is -2.00. The van der Waals surface area contributed by atoms with Crippen LogP contribution in [0.1, 0.15) is 12.6 Å². The van der Waals surface area contributed by atoms with Crippen LogP contribution in [0.3, 0.4) is 0 Å². The zero-order valence-electron chi connectivity index (χ0n) is 7.41. The average Bonchev–Trinajstić information content (AvgIpc) is 2.57. The van der Waals surface area contributed by atoms with Gasteiger partial charge in [0.2, 0.25) is 0 Å². The first-order valence-corrected chi connectivity index (χ1v) is 4.51. The second kappa shape index (κ2) is 3.06. The van der Waals surface area contributed by atoms with Crippen molar-refractivity contribution in [1.29, 1.82) is 0 Å². The van der Waals surface area contributed by atoms with Crippen molar-refractivity contribution >= 4 is 22.6 Å². The van der Waals surface area contributed by atoms with Gasteiger partial charge in [-0.15, -0.1) is 0 Å². The zero-order valence-corrected chi connectivity index (χ0v) is 8.17. The summed E-state index contributed by atoms with van der Waals surface area (Å²) in [5, 5.41) is 23.1. The van der Waals surface area contributed by atoms with E-state index in [4.69, 9.17) is 16.1 Å². The molecule has 74 valence electrons. The molecule has 0 aliphatic rings. The molecule has 0 fully saturated rings. The van der Waals surface area contributed by atoms with Crippen molar-refractivity contribution in [1.82, 2.24) is 5.16 Å². The molecule has 2 rings (SSSR count). The molecule has 0 saturated carbocycles. The van der Waals surface area contributed by atoms with Crippen LogP contribution in [0.4, 0.5) is 0 Å². The molecular weight excluding hydrogens is 206 g/mol. The number of aromatic hydroxyl groups is 2. The minimum absolute atomic E-state index is 0.0816. The van der Waals surface area contributed by atoms with E-state index in [1.807, 2.05) is 6.92 Å². The summed E-state index contributed by atoms with van der Waals surface area (Å²) in [4.78, 5) is 0. The fraction of sp³-hybridized carbons (Fsp3) is 0.222. The number of phenolic OH excluding ortho intramolecular Hbond substituents is 2. The topological polar surface area (TPSA) is 66.5 Å². The van der Waals surface area contributed by atoms with Crippen LogP contribution < -0.4 is 0 Å². The highest BCUT2D eigenvalue weighted by Crippen LogP contribution is 2.40. The van der Waals surface area contributed by atoms with E-state index in [9.17, 15) is 10.2 Å². The molecule has 0 aliphatic carbocycles. The molecular formula is C9H8ClNO3. The Morgan fingerprint density at radius 3 is 2.86 bits per heavy atom. The van der Waals surface area contributed by atoms with Gasteiger partial charge in [0.05, 0.1) is 16.1 Å². The van der Waals surface area contributed by atoms with E-state index < -0.39 is 0 Å². The highest BCUT2D eigenvalue weighted by atomic mass is 35.5. The molecule has 0 unspecified atom stereocenters. The van der Waals surface area contributed by atoms with Crippen LogP contribution in [-0.4, -0.2) is 15.4 Å². The monoisotopic (exact) mass is 213 g/mol. The zero-order chi connectivity index (χ0) is 10.3. The maximum atomic E-state index is 9.39. The first-order valence-electron chi connectivity index (χ1n) is 4.13. The lowest BCUT2D eigenvalue weighted by Crippen LogP contribution is -1.81. The van der Waals surface area contributed by atoms with Crippen molar-refractivity contribution in [3.8, 4) is 11.5 Å². The molecule has 0 saturated heterocycles. The number of aromatic nitrogens is 1. The number of fused-ring (bicyclic) bond motifs is 1. The normalized spacial score (nSPS) is 11.0. The van der Waals surface area contributed by atoms with Gasteiger partial charge in [-0.2, -0.15) is 0 Å². The van der Waals surface area contributed by atoms with Crippen molar-refractivity contribution in [2.45, 2.75) is 13.3 Å². The second-order valence-corrected chi connectivity index (χ2v) is 3.29. The summed E-state index contributed by atoms with van der Waals surface area (Å²) in [6, 6.07) is 1.29. The molecule has 1 heterocycles. The largest absolute Gasteiger partial charge is 0.504 e. The first-order chi connectivity index (χ1) is 6.65. The SMILES string of the molecule is CCc1noc2cc(O)c(O)c(Cl)c12. The number of phenols is 2. The Morgan fingerprint density at radius 1 is 1.50 bits per heavy atom. The summed E-state index contributed by atoms with van der Waals surface area (Å²) in [6.07, 6.45) is 0.650. The number of aryl methyl sites for hydroxylation is 1. The number of hydrogen-bond donors (Lipinski definition) is 2. The molecule has 0 spiro atoms. The highest BCUT2D eigenvalue weighted by Gasteiger charge is 2.16. The van der Waals surface area contributed by atoms with Crippen LogP contribution in [0, 0.1) is 0 Å². The summed E-state index contributed by atoms with van der Waals surface area (Å²) in [6.45, 7) is 1.90. The second-order valence-electron chi connectivity index (χ2n) is 2.91. The predicted molar refractivity (Wildman–Crippen MR) is 51.7 cm³/mol. The molecule has 0 aliphatic heterocycles. The van der Waals surface area contributed by atoms with Gasteiger partial charge in [-0.1, -0.05) is 23.7 Å². The number of nitrogens with zero attached hydrogens (tertiary/aromatic N) is 1. The Balaban J connectivity index is 2.88. The van der Waals surface area contributed by atoms with Crippen LogP contribution >= 0.6 is 11.6 Å². The van der Waals surface area contributed by atoms with E-state index in [1.165, 1.54) is 6.07 Å². The van der Waals surface area contributed by atoms with Crippen LogP contribution in [0.5, 0.6) is 11.5 Å². The first kappa shape index (κ1) is 9.15. The third-order valence-corrected chi connectivity index (χ3v) is 2.43. The molecule has 0 radical (unpaired) electrons. The van der Waals surface area contributed by atoms with Crippen molar-refractivity contribution in [3.63, 3.8) is 0 Å². The van der Waals surface area contributed by atoms with E-state index in [0.717, 1.165) is 0 Å². The molecule has 4 nitrogen and oxygen atoms in total. The van der Waals surface area contributed by atoms with Crippen molar-refractivity contribution < 1.29 is 14.7 Å². The summed E-state index contributed by atoms with van der Waals surface area (Å²) < 4.78 is 4.95. The van der Waals surface area contributed by atoms with Crippen LogP contribution in [-0.2, 0) is 6.42 Å². The molecule has 2 aromatic rings. The Labute approximate surface area is 84.7 Å². The van der Waals surface area contributed by atoms with Crippen molar-refractivity contribution in [2.75, 3.05) is 0 Å². The molecule has 0 amide bonds.